The third-order valence-corrected chi connectivity index (χ3v) is 3.09. The number of hydrogen-bond donors (Lipinski definition) is 2. The van der Waals surface area contributed by atoms with E-state index in [2.05, 4.69) is 30.6 Å². The van der Waals surface area contributed by atoms with Gasteiger partial charge >= 0.3 is 0 Å². The van der Waals surface area contributed by atoms with Crippen LogP contribution in [-0.2, 0) is 0 Å². The third kappa shape index (κ3) is 2.30. The summed E-state index contributed by atoms with van der Waals surface area (Å²) in [4.78, 5) is 1.42. The van der Waals surface area contributed by atoms with Crippen LogP contribution in [-0.4, -0.2) is 13.1 Å². The molecule has 0 spiro atoms. The second-order valence-corrected chi connectivity index (χ2v) is 3.88. The Morgan fingerprint density at radius 1 is 1.67 bits per heavy atom. The number of nitrogens with one attached hydrogen (secondary N) is 1. The molecule has 0 saturated heterocycles. The largest absolute Gasteiger partial charge is 0.329 e. The van der Waals surface area contributed by atoms with Crippen LogP contribution in [0.5, 0.6) is 0 Å². The molecule has 1 rings (SSSR count). The normalized spacial score (nSPS) is 13.2. The van der Waals surface area contributed by atoms with Gasteiger partial charge in [0, 0.05) is 24.0 Å². The van der Waals surface area contributed by atoms with E-state index in [1.54, 1.807) is 11.3 Å². The zero-order chi connectivity index (χ0) is 8.97. The van der Waals surface area contributed by atoms with Crippen LogP contribution in [0.1, 0.15) is 23.4 Å². The fourth-order valence-corrected chi connectivity index (χ4v) is 2.18. The zero-order valence-corrected chi connectivity index (χ0v) is 8.45. The first kappa shape index (κ1) is 9.71. The predicted octanol–water partition coefficient (Wildman–Crippen LogP) is 1.67. The molecule has 68 valence electrons. The molecule has 0 aliphatic heterocycles. The van der Waals surface area contributed by atoms with Gasteiger partial charge in [-0.3, -0.25) is 0 Å². The van der Waals surface area contributed by atoms with Crippen LogP contribution in [0, 0.1) is 6.92 Å². The number of thiophene rings is 1. The van der Waals surface area contributed by atoms with E-state index in [9.17, 15) is 0 Å². The van der Waals surface area contributed by atoms with Crippen LogP contribution in [0.15, 0.2) is 11.4 Å². The van der Waals surface area contributed by atoms with Gasteiger partial charge in [-0.05, 0) is 30.9 Å². The molecule has 1 aromatic heterocycles. The molecule has 3 N–H and O–H groups in total. The Kier molecular flexibility index (Phi) is 3.72. The molecular weight excluding hydrogens is 168 g/mol. The van der Waals surface area contributed by atoms with E-state index in [-0.39, 0.29) is 0 Å². The lowest BCUT2D eigenvalue weighted by atomic mass is 10.2. The summed E-state index contributed by atoms with van der Waals surface area (Å²) in [5, 5.41) is 5.49. The Balaban J connectivity index is 2.52. The molecule has 0 bridgehead atoms. The van der Waals surface area contributed by atoms with Crippen molar-refractivity contribution >= 4 is 11.3 Å². The second-order valence-electron chi connectivity index (χ2n) is 2.93. The minimum atomic E-state index is 0.438. The first-order valence-corrected chi connectivity index (χ1v) is 5.11. The molecule has 1 atom stereocenters. The lowest BCUT2D eigenvalue weighted by Gasteiger charge is -2.11. The summed E-state index contributed by atoms with van der Waals surface area (Å²) in [5.41, 5.74) is 6.78. The fraction of sp³-hybridized carbons (Fsp3) is 0.556. The average molecular weight is 184 g/mol. The smallest absolute Gasteiger partial charge is 0.0389 e. The summed E-state index contributed by atoms with van der Waals surface area (Å²) in [6.45, 7) is 5.91. The van der Waals surface area contributed by atoms with Gasteiger partial charge < -0.3 is 11.1 Å². The second kappa shape index (κ2) is 4.60. The van der Waals surface area contributed by atoms with Crippen molar-refractivity contribution in [1.29, 1.82) is 0 Å². The van der Waals surface area contributed by atoms with Crippen molar-refractivity contribution in [1.82, 2.24) is 5.32 Å². The minimum Gasteiger partial charge on any atom is -0.329 e. The van der Waals surface area contributed by atoms with E-state index in [0.717, 1.165) is 6.54 Å². The van der Waals surface area contributed by atoms with Crippen molar-refractivity contribution < 1.29 is 0 Å². The van der Waals surface area contributed by atoms with E-state index in [1.807, 2.05) is 0 Å². The Hall–Kier alpha value is -0.380. The third-order valence-electron chi connectivity index (χ3n) is 1.89. The van der Waals surface area contributed by atoms with Gasteiger partial charge in [0.1, 0.15) is 0 Å². The topological polar surface area (TPSA) is 38.0 Å². The maximum absolute atomic E-state index is 5.41. The highest BCUT2D eigenvalue weighted by Crippen LogP contribution is 2.22. The van der Waals surface area contributed by atoms with Gasteiger partial charge in [0.2, 0.25) is 0 Å². The van der Waals surface area contributed by atoms with Crippen molar-refractivity contribution in [2.45, 2.75) is 19.9 Å². The van der Waals surface area contributed by atoms with Crippen LogP contribution in [0.2, 0.25) is 0 Å². The fourth-order valence-electron chi connectivity index (χ4n) is 1.22. The Morgan fingerprint density at radius 3 is 2.92 bits per heavy atom. The minimum absolute atomic E-state index is 0.438. The lowest BCUT2D eigenvalue weighted by molar-refractivity contribution is 0.588. The molecule has 0 aliphatic rings. The molecule has 0 saturated carbocycles. The molecule has 0 aromatic carbocycles. The quantitative estimate of drug-likeness (QED) is 0.747. The van der Waals surface area contributed by atoms with E-state index >= 15 is 0 Å². The summed E-state index contributed by atoms with van der Waals surface area (Å²) in [6, 6.07) is 2.59. The van der Waals surface area contributed by atoms with Crippen LogP contribution in [0.25, 0.3) is 0 Å². The standard InChI is InChI=1S/C9H16N2S/c1-7-3-6-12-9(7)8(2)11-5-4-10/h3,6,8,11H,4-5,10H2,1-2H3. The zero-order valence-electron chi connectivity index (χ0n) is 7.63. The number of hydrogen-bond acceptors (Lipinski definition) is 3. The molecule has 2 nitrogen and oxygen atoms in total. The van der Waals surface area contributed by atoms with Crippen molar-refractivity contribution in [3.05, 3.63) is 21.9 Å². The molecule has 3 heteroatoms. The van der Waals surface area contributed by atoms with Crippen LogP contribution in [0.4, 0.5) is 0 Å². The molecular formula is C9H16N2S. The highest BCUT2D eigenvalue weighted by Gasteiger charge is 2.07. The summed E-state index contributed by atoms with van der Waals surface area (Å²) in [6.07, 6.45) is 0. The van der Waals surface area contributed by atoms with Crippen LogP contribution < -0.4 is 11.1 Å². The first-order chi connectivity index (χ1) is 5.75. The van der Waals surface area contributed by atoms with Gasteiger partial charge in [-0.2, -0.15) is 0 Å². The summed E-state index contributed by atoms with van der Waals surface area (Å²) in [7, 11) is 0. The lowest BCUT2D eigenvalue weighted by Crippen LogP contribution is -2.25. The Bertz CT molecular complexity index is 232. The summed E-state index contributed by atoms with van der Waals surface area (Å²) >= 11 is 1.80. The van der Waals surface area contributed by atoms with Gasteiger partial charge in [0.15, 0.2) is 0 Å². The van der Waals surface area contributed by atoms with E-state index in [4.69, 9.17) is 5.73 Å². The van der Waals surface area contributed by atoms with Crippen LogP contribution in [0.3, 0.4) is 0 Å². The molecule has 12 heavy (non-hydrogen) atoms. The summed E-state index contributed by atoms with van der Waals surface area (Å²) in [5.74, 6) is 0. The maximum atomic E-state index is 5.41. The van der Waals surface area contributed by atoms with Gasteiger partial charge in [0.05, 0.1) is 0 Å². The highest BCUT2D eigenvalue weighted by molar-refractivity contribution is 7.10. The maximum Gasteiger partial charge on any atom is 0.0389 e. The number of rotatable bonds is 4. The molecule has 1 unspecified atom stereocenters. The number of aryl methyl sites for hydroxylation is 1. The molecule has 0 radical (unpaired) electrons. The SMILES string of the molecule is Cc1ccsc1C(C)NCCN. The Labute approximate surface area is 77.8 Å². The molecule has 0 fully saturated rings. The van der Waals surface area contributed by atoms with Crippen molar-refractivity contribution in [2.75, 3.05) is 13.1 Å². The van der Waals surface area contributed by atoms with E-state index in [1.165, 1.54) is 10.4 Å². The van der Waals surface area contributed by atoms with Gasteiger partial charge in [-0.15, -0.1) is 11.3 Å². The van der Waals surface area contributed by atoms with E-state index < -0.39 is 0 Å². The summed E-state index contributed by atoms with van der Waals surface area (Å²) < 4.78 is 0. The van der Waals surface area contributed by atoms with Gasteiger partial charge in [0.25, 0.3) is 0 Å². The molecule has 1 heterocycles. The molecule has 0 amide bonds. The van der Waals surface area contributed by atoms with Crippen molar-refractivity contribution in [3.8, 4) is 0 Å². The van der Waals surface area contributed by atoms with Gasteiger partial charge in [-0.1, -0.05) is 0 Å². The Morgan fingerprint density at radius 2 is 2.42 bits per heavy atom. The van der Waals surface area contributed by atoms with E-state index in [0.29, 0.717) is 12.6 Å². The van der Waals surface area contributed by atoms with Crippen molar-refractivity contribution in [2.24, 2.45) is 5.73 Å². The molecule has 0 aliphatic carbocycles. The van der Waals surface area contributed by atoms with Crippen molar-refractivity contribution in [3.63, 3.8) is 0 Å². The van der Waals surface area contributed by atoms with Gasteiger partial charge in [-0.25, -0.2) is 0 Å². The highest BCUT2D eigenvalue weighted by atomic mass is 32.1. The molecule has 1 aromatic rings. The average Bonchev–Trinajstić information content (AvgIpc) is 2.47. The number of nitrogens with two attached hydrogens (primary N) is 1. The monoisotopic (exact) mass is 184 g/mol. The first-order valence-electron chi connectivity index (χ1n) is 4.23. The van der Waals surface area contributed by atoms with Crippen LogP contribution >= 0.6 is 11.3 Å². The predicted molar refractivity (Wildman–Crippen MR) is 54.5 cm³/mol.